The number of hydrogen-bond donors (Lipinski definition) is 1. The summed E-state index contributed by atoms with van der Waals surface area (Å²) < 4.78 is 6.59. The second kappa shape index (κ2) is 11.9. The third kappa shape index (κ3) is 4.67. The van der Waals surface area contributed by atoms with Crippen molar-refractivity contribution in [2.45, 2.75) is 24.2 Å². The Morgan fingerprint density at radius 2 is 1.53 bits per heavy atom. The molecule has 4 aliphatic rings. The monoisotopic (exact) mass is 761 g/mol. The second-order valence-electron chi connectivity index (χ2n) is 13.2. The number of halogens is 1. The van der Waals surface area contributed by atoms with Crippen molar-refractivity contribution in [3.8, 4) is 11.5 Å². The smallest absolute Gasteiger partial charge is 0.238 e. The van der Waals surface area contributed by atoms with Gasteiger partial charge >= 0.3 is 0 Å². The van der Waals surface area contributed by atoms with Crippen LogP contribution in [-0.4, -0.2) is 35.6 Å². The predicted molar refractivity (Wildman–Crippen MR) is 193 cm³/mol. The average molecular weight is 762 g/mol. The number of nitrogens with zero attached hydrogens (tertiary/aromatic N) is 1. The van der Waals surface area contributed by atoms with Crippen molar-refractivity contribution < 1.29 is 29.0 Å². The third-order valence-electron chi connectivity index (χ3n) is 11.0. The molecule has 0 bridgehead atoms. The largest absolute Gasteiger partial charge is 0.508 e. The molecule has 8 rings (SSSR count). The minimum atomic E-state index is -1.43. The summed E-state index contributed by atoms with van der Waals surface area (Å²) in [7, 11) is 1.53. The van der Waals surface area contributed by atoms with Crippen LogP contribution in [0.4, 0.5) is 5.69 Å². The molecule has 4 aromatic rings. The number of phenols is 1. The summed E-state index contributed by atoms with van der Waals surface area (Å²) in [4.78, 5) is 59.9. The highest BCUT2D eigenvalue weighted by Gasteiger charge is 2.66. The van der Waals surface area contributed by atoms with Crippen molar-refractivity contribution in [1.82, 2.24) is 0 Å². The molecule has 1 heterocycles. The molecule has 6 atom stereocenters. The summed E-state index contributed by atoms with van der Waals surface area (Å²) in [5.41, 5.74) is 1.93. The maximum Gasteiger partial charge on any atom is 0.238 e. The highest BCUT2D eigenvalue weighted by atomic mass is 127. The summed E-state index contributed by atoms with van der Waals surface area (Å²) in [6.07, 6.45) is 3.96. The first-order valence-electron chi connectivity index (χ1n) is 16.4. The average Bonchev–Trinajstić information content (AvgIpc) is 3.39. The van der Waals surface area contributed by atoms with Crippen molar-refractivity contribution in [1.29, 1.82) is 0 Å². The molecule has 0 radical (unpaired) electrons. The number of ether oxygens (including phenoxy) is 1. The number of hydrogen-bond acceptors (Lipinski definition) is 6. The Hall–Kier alpha value is -4.83. The number of imide groups is 1. The number of carbonyl (C=O) groups is 4. The van der Waals surface area contributed by atoms with Crippen LogP contribution in [0.3, 0.4) is 0 Å². The summed E-state index contributed by atoms with van der Waals surface area (Å²) in [5, 5.41) is 11.6. The van der Waals surface area contributed by atoms with Crippen molar-refractivity contribution in [3.63, 3.8) is 0 Å². The zero-order chi connectivity index (χ0) is 34.0. The van der Waals surface area contributed by atoms with Crippen LogP contribution < -0.4 is 9.64 Å². The van der Waals surface area contributed by atoms with E-state index in [1.807, 2.05) is 78.9 Å². The lowest BCUT2D eigenvalue weighted by molar-refractivity contribution is -0.135. The third-order valence-corrected chi connectivity index (χ3v) is 11.7. The minimum Gasteiger partial charge on any atom is -0.508 e. The number of methoxy groups -OCH3 is 1. The lowest BCUT2D eigenvalue weighted by atomic mass is 9.44. The molecular formula is C41H32INO6. The standard InChI is InChI=1S/C41H32INO6/c1-49-27-16-19-34(44)32(20-27)37-28-17-18-29-36(40(48)43(39(29)47)26-14-12-25(42)13-15-26)31(28)21-33-38(46)30(23-8-4-2-5-9-23)22-35(45)41(33,37)24-10-6-3-7-11-24/h2-17,19-20,22,29,31,33,36-37,44H,18,21H2,1H3. The van der Waals surface area contributed by atoms with E-state index < -0.39 is 35.0 Å². The molecule has 1 aliphatic heterocycles. The zero-order valence-corrected chi connectivity index (χ0v) is 28.7. The van der Waals surface area contributed by atoms with Crippen LogP contribution in [0.1, 0.15) is 35.4 Å². The molecule has 2 amide bonds. The van der Waals surface area contributed by atoms with E-state index in [1.54, 1.807) is 30.3 Å². The van der Waals surface area contributed by atoms with Gasteiger partial charge in [0.15, 0.2) is 11.6 Å². The molecule has 1 saturated carbocycles. The van der Waals surface area contributed by atoms with E-state index in [1.165, 1.54) is 18.1 Å². The highest BCUT2D eigenvalue weighted by Crippen LogP contribution is 2.64. The zero-order valence-electron chi connectivity index (χ0n) is 26.6. The van der Waals surface area contributed by atoms with Gasteiger partial charge < -0.3 is 9.84 Å². The second-order valence-corrected chi connectivity index (χ2v) is 14.4. The molecule has 7 nitrogen and oxygen atoms in total. The first-order valence-corrected chi connectivity index (χ1v) is 17.4. The van der Waals surface area contributed by atoms with Gasteiger partial charge in [-0.1, -0.05) is 72.3 Å². The Morgan fingerprint density at radius 1 is 0.837 bits per heavy atom. The number of amides is 2. The van der Waals surface area contributed by atoms with Gasteiger partial charge in [0.05, 0.1) is 30.0 Å². The molecule has 3 aliphatic carbocycles. The van der Waals surface area contributed by atoms with E-state index in [0.29, 0.717) is 40.1 Å². The van der Waals surface area contributed by atoms with Crippen LogP contribution >= 0.6 is 22.6 Å². The van der Waals surface area contributed by atoms with E-state index in [4.69, 9.17) is 4.74 Å². The number of phenolic OH excluding ortho intramolecular Hbond substituents is 1. The van der Waals surface area contributed by atoms with Gasteiger partial charge in [0.2, 0.25) is 11.8 Å². The maximum absolute atomic E-state index is 15.1. The van der Waals surface area contributed by atoms with Crippen LogP contribution in [0, 0.1) is 27.2 Å². The Labute approximate surface area is 297 Å². The quantitative estimate of drug-likeness (QED) is 0.133. The normalized spacial score (nSPS) is 27.6. The SMILES string of the molecule is COc1ccc(O)c(C2C3=CCC4C(=O)N(c5ccc(I)cc5)C(=O)C4C3CC3C(=O)C(c4ccccc4)=CC(=O)C32c2ccccc2)c1. The number of allylic oxidation sites excluding steroid dienone is 4. The van der Waals surface area contributed by atoms with Gasteiger partial charge in [0.25, 0.3) is 0 Å². The number of Topliss-reactive ketones (excluding diaryl/α,β-unsaturated/α-hetero) is 1. The molecule has 0 aromatic heterocycles. The first kappa shape index (κ1) is 31.4. The number of carbonyl (C=O) groups excluding carboxylic acids is 4. The highest BCUT2D eigenvalue weighted by molar-refractivity contribution is 14.1. The fraction of sp³-hybridized carbons (Fsp3) is 0.220. The number of rotatable bonds is 5. The summed E-state index contributed by atoms with van der Waals surface area (Å²) in [5.74, 6) is -4.17. The molecule has 6 unspecified atom stereocenters. The molecular weight excluding hydrogens is 729 g/mol. The van der Waals surface area contributed by atoms with Crippen LogP contribution in [0.25, 0.3) is 5.57 Å². The molecule has 2 fully saturated rings. The van der Waals surface area contributed by atoms with Crippen LogP contribution in [0.15, 0.2) is 121 Å². The van der Waals surface area contributed by atoms with Gasteiger partial charge in [-0.25, -0.2) is 0 Å². The maximum atomic E-state index is 15.1. The minimum absolute atomic E-state index is 0.0454. The Kier molecular flexibility index (Phi) is 7.66. The molecule has 1 N–H and O–H groups in total. The van der Waals surface area contributed by atoms with Crippen molar-refractivity contribution in [3.05, 3.63) is 141 Å². The van der Waals surface area contributed by atoms with E-state index in [0.717, 1.165) is 9.14 Å². The fourth-order valence-electron chi connectivity index (χ4n) is 8.95. The number of aromatic hydroxyl groups is 1. The Morgan fingerprint density at radius 3 is 2.22 bits per heavy atom. The number of anilines is 1. The van der Waals surface area contributed by atoms with Gasteiger partial charge in [-0.05, 0) is 101 Å². The van der Waals surface area contributed by atoms with Crippen molar-refractivity contribution in [2.24, 2.45) is 23.7 Å². The first-order chi connectivity index (χ1) is 23.7. The van der Waals surface area contributed by atoms with Gasteiger partial charge in [0, 0.05) is 26.5 Å². The van der Waals surface area contributed by atoms with Gasteiger partial charge in [0.1, 0.15) is 11.5 Å². The molecule has 0 spiro atoms. The Bertz CT molecular complexity index is 2090. The van der Waals surface area contributed by atoms with Crippen LogP contribution in [0.5, 0.6) is 11.5 Å². The van der Waals surface area contributed by atoms with Crippen molar-refractivity contribution >= 4 is 57.2 Å². The van der Waals surface area contributed by atoms with Gasteiger partial charge in [-0.2, -0.15) is 0 Å². The number of fused-ring (bicyclic) bond motifs is 4. The summed E-state index contributed by atoms with van der Waals surface area (Å²) >= 11 is 2.19. The van der Waals surface area contributed by atoms with Crippen molar-refractivity contribution in [2.75, 3.05) is 12.0 Å². The number of benzene rings is 4. The lowest BCUT2D eigenvalue weighted by Crippen LogP contribution is -2.58. The summed E-state index contributed by atoms with van der Waals surface area (Å²) in [6.45, 7) is 0. The summed E-state index contributed by atoms with van der Waals surface area (Å²) in [6, 6.07) is 30.7. The van der Waals surface area contributed by atoms with Gasteiger partial charge in [-0.15, -0.1) is 0 Å². The topological polar surface area (TPSA) is 101 Å². The molecule has 8 heteroatoms. The lowest BCUT2D eigenvalue weighted by Gasteiger charge is -2.55. The van der Waals surface area contributed by atoms with E-state index in [2.05, 4.69) is 22.6 Å². The van der Waals surface area contributed by atoms with Crippen LogP contribution in [0.2, 0.25) is 0 Å². The molecule has 49 heavy (non-hydrogen) atoms. The molecule has 244 valence electrons. The van der Waals surface area contributed by atoms with E-state index >= 15 is 9.59 Å². The molecule has 4 aromatic carbocycles. The Balaban J connectivity index is 1.37. The van der Waals surface area contributed by atoms with E-state index in [9.17, 15) is 14.7 Å². The molecule has 1 saturated heterocycles. The van der Waals surface area contributed by atoms with Crippen LogP contribution in [-0.2, 0) is 24.6 Å². The van der Waals surface area contributed by atoms with Gasteiger partial charge in [-0.3, -0.25) is 24.1 Å². The fourth-order valence-corrected chi connectivity index (χ4v) is 9.31. The number of ketones is 2. The predicted octanol–water partition coefficient (Wildman–Crippen LogP) is 7.03. The van der Waals surface area contributed by atoms with E-state index in [-0.39, 0.29) is 35.6 Å².